The number of hydrogen-bond donors (Lipinski definition) is 1. The van der Waals surface area contributed by atoms with Crippen molar-refractivity contribution in [2.45, 2.75) is 20.0 Å². The summed E-state index contributed by atoms with van der Waals surface area (Å²) >= 11 is 5.87. The third-order valence-electron chi connectivity index (χ3n) is 2.17. The lowest BCUT2D eigenvalue weighted by atomic mass is 10.2. The van der Waals surface area contributed by atoms with Crippen LogP contribution in [-0.2, 0) is 9.53 Å². The molecule has 0 amide bonds. The number of ether oxygens (including phenoxy) is 2. The zero-order chi connectivity index (χ0) is 14.3. The summed E-state index contributed by atoms with van der Waals surface area (Å²) in [5, 5.41) is 9.15. The van der Waals surface area contributed by atoms with Crippen LogP contribution in [-0.4, -0.2) is 30.4 Å². The molecule has 19 heavy (non-hydrogen) atoms. The molecule has 0 heterocycles. The minimum absolute atomic E-state index is 0.153. The SMILES string of the molecule is CC(C)OCCOc1ccc(Cl)cc1/C=C/C(=O)O. The molecule has 0 unspecified atom stereocenters. The highest BCUT2D eigenvalue weighted by atomic mass is 35.5. The second kappa shape index (κ2) is 7.81. The van der Waals surface area contributed by atoms with Gasteiger partial charge in [-0.25, -0.2) is 4.79 Å². The Balaban J connectivity index is 2.68. The maximum absolute atomic E-state index is 10.5. The average Bonchev–Trinajstić information content (AvgIpc) is 2.33. The molecule has 0 fully saturated rings. The van der Waals surface area contributed by atoms with Crippen molar-refractivity contribution in [2.75, 3.05) is 13.2 Å². The summed E-state index contributed by atoms with van der Waals surface area (Å²) in [5.74, 6) is -0.441. The van der Waals surface area contributed by atoms with Crippen LogP contribution in [0.5, 0.6) is 5.75 Å². The Morgan fingerprint density at radius 1 is 1.42 bits per heavy atom. The summed E-state index contributed by atoms with van der Waals surface area (Å²) in [6.07, 6.45) is 2.65. The highest BCUT2D eigenvalue weighted by molar-refractivity contribution is 6.30. The monoisotopic (exact) mass is 284 g/mol. The Kier molecular flexibility index (Phi) is 6.39. The third kappa shape index (κ3) is 6.27. The van der Waals surface area contributed by atoms with Gasteiger partial charge in [0.1, 0.15) is 12.4 Å². The second-order valence-corrected chi connectivity index (χ2v) is 4.56. The third-order valence-corrected chi connectivity index (χ3v) is 2.40. The first-order valence-electron chi connectivity index (χ1n) is 5.94. The van der Waals surface area contributed by atoms with E-state index in [0.29, 0.717) is 29.5 Å². The Morgan fingerprint density at radius 2 is 2.16 bits per heavy atom. The first-order chi connectivity index (χ1) is 8.99. The largest absolute Gasteiger partial charge is 0.491 e. The molecule has 0 spiro atoms. The van der Waals surface area contributed by atoms with Gasteiger partial charge in [-0.1, -0.05) is 11.6 Å². The van der Waals surface area contributed by atoms with Crippen LogP contribution in [0.2, 0.25) is 5.02 Å². The molecular weight excluding hydrogens is 268 g/mol. The topological polar surface area (TPSA) is 55.8 Å². The number of carbonyl (C=O) groups is 1. The van der Waals surface area contributed by atoms with E-state index in [-0.39, 0.29) is 6.10 Å². The summed E-state index contributed by atoms with van der Waals surface area (Å²) in [6, 6.07) is 5.05. The predicted molar refractivity (Wildman–Crippen MR) is 74.7 cm³/mol. The number of aliphatic carboxylic acids is 1. The molecule has 104 valence electrons. The van der Waals surface area contributed by atoms with E-state index in [4.69, 9.17) is 26.2 Å². The fourth-order valence-electron chi connectivity index (χ4n) is 1.38. The fourth-order valence-corrected chi connectivity index (χ4v) is 1.56. The van der Waals surface area contributed by atoms with Crippen LogP contribution < -0.4 is 4.74 Å². The van der Waals surface area contributed by atoms with Crippen molar-refractivity contribution in [3.8, 4) is 5.75 Å². The lowest BCUT2D eigenvalue weighted by Gasteiger charge is -2.11. The minimum atomic E-state index is -1.02. The van der Waals surface area contributed by atoms with Gasteiger partial charge in [-0.2, -0.15) is 0 Å². The van der Waals surface area contributed by atoms with Crippen LogP contribution in [0, 0.1) is 0 Å². The van der Waals surface area contributed by atoms with E-state index in [2.05, 4.69) is 0 Å². The fraction of sp³-hybridized carbons (Fsp3) is 0.357. The van der Waals surface area contributed by atoms with Gasteiger partial charge < -0.3 is 14.6 Å². The number of halogens is 1. The highest BCUT2D eigenvalue weighted by Crippen LogP contribution is 2.24. The van der Waals surface area contributed by atoms with Crippen molar-refractivity contribution >= 4 is 23.6 Å². The van der Waals surface area contributed by atoms with Gasteiger partial charge in [0.05, 0.1) is 12.7 Å². The number of carboxylic acid groups (broad SMARTS) is 1. The molecule has 0 aromatic heterocycles. The van der Waals surface area contributed by atoms with Crippen LogP contribution in [0.25, 0.3) is 6.08 Å². The van der Waals surface area contributed by atoms with Gasteiger partial charge in [0.15, 0.2) is 0 Å². The van der Waals surface area contributed by atoms with Crippen molar-refractivity contribution in [1.82, 2.24) is 0 Å². The molecule has 0 aliphatic rings. The summed E-state index contributed by atoms with van der Waals surface area (Å²) in [6.45, 7) is 4.77. The lowest BCUT2D eigenvalue weighted by Crippen LogP contribution is -2.11. The molecule has 5 heteroatoms. The van der Waals surface area contributed by atoms with Crippen LogP contribution in [0.3, 0.4) is 0 Å². The van der Waals surface area contributed by atoms with Crippen LogP contribution >= 0.6 is 11.6 Å². The van der Waals surface area contributed by atoms with Gasteiger partial charge in [0, 0.05) is 16.7 Å². The van der Waals surface area contributed by atoms with Crippen molar-refractivity contribution in [1.29, 1.82) is 0 Å². The molecule has 0 radical (unpaired) electrons. The first-order valence-corrected chi connectivity index (χ1v) is 6.32. The van der Waals surface area contributed by atoms with E-state index in [1.165, 1.54) is 6.08 Å². The summed E-state index contributed by atoms with van der Waals surface area (Å²) in [5.41, 5.74) is 0.624. The van der Waals surface area contributed by atoms with E-state index in [9.17, 15) is 4.79 Å². The molecule has 1 aromatic carbocycles. The number of rotatable bonds is 7. The predicted octanol–water partition coefficient (Wildman–Crippen LogP) is 3.24. The maximum atomic E-state index is 10.5. The molecule has 0 bridgehead atoms. The summed E-state index contributed by atoms with van der Waals surface area (Å²) in [4.78, 5) is 10.5. The van der Waals surface area contributed by atoms with E-state index in [0.717, 1.165) is 6.08 Å². The normalized spacial score (nSPS) is 11.2. The summed E-state index contributed by atoms with van der Waals surface area (Å²) < 4.78 is 10.9. The van der Waals surface area contributed by atoms with E-state index in [1.807, 2.05) is 13.8 Å². The standard InChI is InChI=1S/C14H17ClO4/c1-10(2)18-7-8-19-13-5-4-12(15)9-11(13)3-6-14(16)17/h3-6,9-10H,7-8H2,1-2H3,(H,16,17)/b6-3+. The zero-order valence-corrected chi connectivity index (χ0v) is 11.7. The molecule has 1 rings (SSSR count). The quantitative estimate of drug-likeness (QED) is 0.617. The Labute approximate surface area is 117 Å². The average molecular weight is 285 g/mol. The van der Waals surface area contributed by atoms with Gasteiger partial charge in [0.25, 0.3) is 0 Å². The van der Waals surface area contributed by atoms with Crippen LogP contribution in [0.1, 0.15) is 19.4 Å². The lowest BCUT2D eigenvalue weighted by molar-refractivity contribution is -0.131. The molecule has 0 saturated carbocycles. The summed E-state index contributed by atoms with van der Waals surface area (Å²) in [7, 11) is 0. The molecular formula is C14H17ClO4. The van der Waals surface area contributed by atoms with Gasteiger partial charge in [-0.3, -0.25) is 0 Å². The van der Waals surface area contributed by atoms with Gasteiger partial charge in [0.2, 0.25) is 0 Å². The zero-order valence-electron chi connectivity index (χ0n) is 10.9. The minimum Gasteiger partial charge on any atom is -0.491 e. The van der Waals surface area contributed by atoms with Gasteiger partial charge in [-0.05, 0) is 38.1 Å². The Bertz CT molecular complexity index is 455. The first kappa shape index (κ1) is 15.5. The van der Waals surface area contributed by atoms with Crippen molar-refractivity contribution < 1.29 is 19.4 Å². The number of benzene rings is 1. The highest BCUT2D eigenvalue weighted by Gasteiger charge is 2.03. The van der Waals surface area contributed by atoms with E-state index >= 15 is 0 Å². The van der Waals surface area contributed by atoms with E-state index in [1.54, 1.807) is 18.2 Å². The Morgan fingerprint density at radius 3 is 2.79 bits per heavy atom. The van der Waals surface area contributed by atoms with Gasteiger partial charge in [-0.15, -0.1) is 0 Å². The number of carboxylic acids is 1. The van der Waals surface area contributed by atoms with Crippen LogP contribution in [0.15, 0.2) is 24.3 Å². The Hall–Kier alpha value is -1.52. The molecule has 1 N–H and O–H groups in total. The van der Waals surface area contributed by atoms with Crippen LogP contribution in [0.4, 0.5) is 0 Å². The van der Waals surface area contributed by atoms with E-state index < -0.39 is 5.97 Å². The molecule has 1 aromatic rings. The van der Waals surface area contributed by atoms with Crippen molar-refractivity contribution in [3.05, 3.63) is 34.9 Å². The molecule has 4 nitrogen and oxygen atoms in total. The maximum Gasteiger partial charge on any atom is 0.328 e. The molecule has 0 atom stereocenters. The molecule has 0 aliphatic carbocycles. The number of hydrogen-bond acceptors (Lipinski definition) is 3. The molecule has 0 saturated heterocycles. The van der Waals surface area contributed by atoms with Gasteiger partial charge >= 0.3 is 5.97 Å². The molecule has 0 aliphatic heterocycles. The second-order valence-electron chi connectivity index (χ2n) is 4.12. The van der Waals surface area contributed by atoms with Crippen molar-refractivity contribution in [2.24, 2.45) is 0 Å². The smallest absolute Gasteiger partial charge is 0.328 e. The van der Waals surface area contributed by atoms with Crippen molar-refractivity contribution in [3.63, 3.8) is 0 Å².